The van der Waals surface area contributed by atoms with Crippen LogP contribution in [0, 0.1) is 0 Å². The van der Waals surface area contributed by atoms with E-state index in [4.69, 9.17) is 28.4 Å². The number of carbonyl (C=O) groups is 8. The Bertz CT molecular complexity index is 1870. The second-order valence-corrected chi connectivity index (χ2v) is 32.1. The van der Waals surface area contributed by atoms with Gasteiger partial charge in [0.15, 0.2) is 0 Å². The Labute approximate surface area is 404 Å². The summed E-state index contributed by atoms with van der Waals surface area (Å²) < 4.78 is 30.9. The highest BCUT2D eigenvalue weighted by Gasteiger charge is 2.44. The second kappa shape index (κ2) is 26.1. The van der Waals surface area contributed by atoms with Gasteiger partial charge in [0.2, 0.25) is 11.8 Å². The van der Waals surface area contributed by atoms with Crippen molar-refractivity contribution in [3.8, 4) is 0 Å². The normalized spacial score (nSPS) is 14.2. The molecule has 2 aromatic carbocycles. The molecule has 4 N–H and O–H groups in total. The van der Waals surface area contributed by atoms with E-state index >= 15 is 0 Å². The Hall–Kier alpha value is -5.77. The van der Waals surface area contributed by atoms with Gasteiger partial charge in [0.25, 0.3) is 0 Å². The number of amides is 4. The number of rotatable bonds is 20. The number of nitrogens with one attached hydrogen (secondary N) is 4. The van der Waals surface area contributed by atoms with E-state index in [2.05, 4.69) is 60.5 Å². The number of hydrogen-bond acceptors (Lipinski definition) is 14. The Morgan fingerprint density at radius 3 is 1.04 bits per heavy atom. The van der Waals surface area contributed by atoms with E-state index < -0.39 is 111 Å². The molecule has 0 saturated carbocycles. The van der Waals surface area contributed by atoms with Crippen molar-refractivity contribution in [2.45, 2.75) is 167 Å². The molecule has 4 amide bonds. The van der Waals surface area contributed by atoms with Crippen molar-refractivity contribution < 1.29 is 66.8 Å². The van der Waals surface area contributed by atoms with Crippen LogP contribution in [0.1, 0.15) is 79.4 Å². The van der Waals surface area contributed by atoms with E-state index in [0.29, 0.717) is 12.1 Å². The highest BCUT2D eigenvalue weighted by molar-refractivity contribution is 6.77. The maximum absolute atomic E-state index is 13.2. The van der Waals surface area contributed by atoms with Crippen molar-refractivity contribution in [3.63, 3.8) is 0 Å². The van der Waals surface area contributed by atoms with Crippen LogP contribution in [-0.4, -0.2) is 113 Å². The smallest absolute Gasteiger partial charge is 0.408 e. The van der Waals surface area contributed by atoms with Crippen LogP contribution in [-0.2, 0) is 70.4 Å². The molecule has 0 fully saturated rings. The van der Waals surface area contributed by atoms with Crippen molar-refractivity contribution in [1.82, 2.24) is 21.3 Å². The fourth-order valence-corrected chi connectivity index (χ4v) is 11.6. The quantitative estimate of drug-likeness (QED) is 0.0607. The number of alkyl carbamates (subject to hydrolysis) is 2. The number of carbonyl (C=O) groups excluding carboxylic acids is 8. The van der Waals surface area contributed by atoms with Crippen molar-refractivity contribution in [2.24, 2.45) is 0 Å². The highest BCUT2D eigenvalue weighted by Crippen LogP contribution is 2.24. The zero-order valence-electron chi connectivity index (χ0n) is 42.9. The summed E-state index contributed by atoms with van der Waals surface area (Å²) in [5.74, 6) is -4.02. The van der Waals surface area contributed by atoms with E-state index in [9.17, 15) is 38.4 Å². The molecule has 4 atom stereocenters. The van der Waals surface area contributed by atoms with Gasteiger partial charge in [-0.15, -0.1) is 0 Å². The van der Waals surface area contributed by atoms with Gasteiger partial charge >= 0.3 is 36.1 Å². The van der Waals surface area contributed by atoms with Crippen LogP contribution >= 0.6 is 0 Å². The molecule has 0 heterocycles. The van der Waals surface area contributed by atoms with E-state index in [0.717, 1.165) is 11.1 Å². The Morgan fingerprint density at radius 1 is 0.500 bits per heavy atom. The van der Waals surface area contributed by atoms with Crippen molar-refractivity contribution >= 4 is 64.0 Å². The molecule has 68 heavy (non-hydrogen) atoms. The van der Waals surface area contributed by atoms with Crippen LogP contribution < -0.4 is 21.3 Å². The number of methoxy groups -OCH3 is 2. The Morgan fingerprint density at radius 2 is 0.794 bits per heavy atom. The topological polar surface area (TPSA) is 240 Å². The maximum atomic E-state index is 13.2. The van der Waals surface area contributed by atoms with Gasteiger partial charge in [-0.2, -0.15) is 0 Å². The molecule has 0 bridgehead atoms. The molecule has 2 aromatic rings. The molecule has 0 saturated heterocycles. The summed E-state index contributed by atoms with van der Waals surface area (Å²) >= 11 is 0. The van der Waals surface area contributed by atoms with Gasteiger partial charge in [-0.3, -0.25) is 19.2 Å². The first kappa shape index (κ1) is 60.2. The number of ether oxygens (including phenoxy) is 6. The molecule has 0 aliphatic carbocycles. The van der Waals surface area contributed by atoms with Crippen LogP contribution in [0.25, 0.3) is 0 Å². The summed E-state index contributed by atoms with van der Waals surface area (Å²) in [7, 11) is -1.19. The van der Waals surface area contributed by atoms with Gasteiger partial charge in [0.1, 0.15) is 47.6 Å². The minimum Gasteiger partial charge on any atom is -0.467 e. The largest absolute Gasteiger partial charge is 0.467 e. The van der Waals surface area contributed by atoms with E-state index in [1.807, 2.05) is 36.4 Å². The maximum Gasteiger partial charge on any atom is 0.408 e. The molecule has 20 heteroatoms. The first-order valence-electron chi connectivity index (χ1n) is 22.3. The average Bonchev–Trinajstić information content (AvgIpc) is 3.19. The molecule has 0 aliphatic heterocycles. The molecule has 0 aromatic heterocycles. The van der Waals surface area contributed by atoms with Crippen LogP contribution in [0.3, 0.4) is 0 Å². The summed E-state index contributed by atoms with van der Waals surface area (Å²) in [6.07, 6.45) is -2.62. The predicted octanol–water partition coefficient (Wildman–Crippen LogP) is 6.80. The van der Waals surface area contributed by atoms with Gasteiger partial charge in [-0.25, -0.2) is 19.2 Å². The fraction of sp³-hybridized carbons (Fsp3) is 0.583. The minimum absolute atomic E-state index is 0.0238. The molecule has 0 spiro atoms. The zero-order chi connectivity index (χ0) is 52.3. The van der Waals surface area contributed by atoms with E-state index in [1.165, 1.54) is 14.2 Å². The molecular weight excluding hydrogens is 913 g/mol. The Balaban J connectivity index is 0.000000680. The van der Waals surface area contributed by atoms with E-state index in [-0.39, 0.29) is 13.2 Å². The van der Waals surface area contributed by atoms with Crippen molar-refractivity contribution in [3.05, 3.63) is 71.8 Å². The molecule has 380 valence electrons. The van der Waals surface area contributed by atoms with E-state index in [1.54, 1.807) is 79.7 Å². The summed E-state index contributed by atoms with van der Waals surface area (Å²) in [6.45, 7) is 25.6. The minimum atomic E-state index is -1.84. The fourth-order valence-electron chi connectivity index (χ4n) is 6.87. The molecule has 18 nitrogen and oxygen atoms in total. The molecule has 2 rings (SSSR count). The lowest BCUT2D eigenvalue weighted by molar-refractivity contribution is -0.151. The number of hydrogen-bond donors (Lipinski definition) is 4. The van der Waals surface area contributed by atoms with Crippen LogP contribution in [0.2, 0.25) is 51.4 Å². The zero-order valence-corrected chi connectivity index (χ0v) is 44.9. The number of esters is 4. The van der Waals surface area contributed by atoms with Crippen LogP contribution in [0.15, 0.2) is 60.7 Å². The molecule has 0 aliphatic rings. The molecular formula is C48H76N4O14Si2. The van der Waals surface area contributed by atoms with Gasteiger partial charge < -0.3 is 49.7 Å². The molecule has 0 unspecified atom stereocenters. The van der Waals surface area contributed by atoms with Crippen LogP contribution in [0.4, 0.5) is 9.59 Å². The SMILES string of the molecule is COC(=O)[C@](C)(C[Si](C)(C)C)NC(=O)[C@H](CC(=O)OCc1ccccc1)NC(=O)OC(C)(C)C.COC(=O)[C@](C)(C[Si](C)(C)C)NC(=O)[C@H](CC(=O)OCc1ccccc1)NC(=O)OC(C)(C)C. The number of benzene rings is 2. The molecule has 0 radical (unpaired) electrons. The second-order valence-electron chi connectivity index (χ2n) is 21.2. The van der Waals surface area contributed by atoms with Gasteiger partial charge in [0.05, 0.1) is 27.1 Å². The summed E-state index contributed by atoms with van der Waals surface area (Å²) in [5.41, 5.74) is -2.69. The first-order chi connectivity index (χ1) is 31.1. The third-order valence-electron chi connectivity index (χ3n) is 9.08. The lowest BCUT2D eigenvalue weighted by atomic mass is 10.0. The highest BCUT2D eigenvalue weighted by atomic mass is 28.3. The third kappa shape index (κ3) is 24.8. The van der Waals surface area contributed by atoms with Gasteiger partial charge in [-0.05, 0) is 78.6 Å². The lowest BCUT2D eigenvalue weighted by Crippen LogP contribution is -2.60. The average molecular weight is 989 g/mol. The predicted molar refractivity (Wildman–Crippen MR) is 261 cm³/mol. The van der Waals surface area contributed by atoms with Gasteiger partial charge in [-0.1, -0.05) is 99.9 Å². The summed E-state index contributed by atoms with van der Waals surface area (Å²) in [4.78, 5) is 101. The van der Waals surface area contributed by atoms with Crippen molar-refractivity contribution in [2.75, 3.05) is 14.2 Å². The third-order valence-corrected chi connectivity index (χ3v) is 12.6. The monoisotopic (exact) mass is 988 g/mol. The van der Waals surface area contributed by atoms with Crippen LogP contribution in [0.5, 0.6) is 0 Å². The Kier molecular flexibility index (Phi) is 23.1. The first-order valence-corrected chi connectivity index (χ1v) is 29.7. The van der Waals surface area contributed by atoms with Gasteiger partial charge in [0, 0.05) is 16.1 Å². The lowest BCUT2D eigenvalue weighted by Gasteiger charge is -2.34. The van der Waals surface area contributed by atoms with Crippen molar-refractivity contribution in [1.29, 1.82) is 0 Å². The summed E-state index contributed by atoms with van der Waals surface area (Å²) in [5, 5.41) is 10.2. The standard InChI is InChI=1S/2C24H38N2O7Si/c2*1-23(2,3)33-22(30)25-18(14-19(27)32-15-17-12-10-9-11-13-17)20(28)26-24(4,21(29)31-5)16-34(6,7)8/h2*9-13,18H,14-16H2,1-8H3,(H,25,30)(H,26,28)/t2*18-,24-/m00/s1. The summed E-state index contributed by atoms with van der Waals surface area (Å²) in [6, 6.07) is 16.3.